The summed E-state index contributed by atoms with van der Waals surface area (Å²) in [5.74, 6) is 1.78. The van der Waals surface area contributed by atoms with Crippen LogP contribution in [-0.2, 0) is 0 Å². The molecule has 0 N–H and O–H groups in total. The summed E-state index contributed by atoms with van der Waals surface area (Å²) in [5, 5.41) is 6.94. The average molecular weight is 748 g/mol. The molecule has 0 amide bonds. The van der Waals surface area contributed by atoms with Crippen LogP contribution in [0.4, 0.5) is 0 Å². The summed E-state index contributed by atoms with van der Waals surface area (Å²) < 4.78 is 15.5. The molecule has 0 saturated carbocycles. The lowest BCUT2D eigenvalue weighted by atomic mass is 9.93. The van der Waals surface area contributed by atoms with E-state index < -0.39 is 0 Å². The van der Waals surface area contributed by atoms with Gasteiger partial charge in [0.1, 0.15) is 22.3 Å². The average Bonchev–Trinajstić information content (AvgIpc) is 3.98. The predicted octanol–water partition coefficient (Wildman–Crippen LogP) is 14.4. The van der Waals surface area contributed by atoms with Crippen LogP contribution in [0.1, 0.15) is 0 Å². The highest BCUT2D eigenvalue weighted by Gasteiger charge is 2.20. The van der Waals surface area contributed by atoms with Crippen LogP contribution in [0, 0.1) is 0 Å². The third-order valence-corrected chi connectivity index (χ3v) is 12.2. The van der Waals surface area contributed by atoms with Crippen LogP contribution in [0.3, 0.4) is 0 Å². The van der Waals surface area contributed by atoms with Gasteiger partial charge in [-0.05, 0) is 47.5 Å². The van der Waals surface area contributed by atoms with E-state index in [1.807, 2.05) is 72.0 Å². The van der Waals surface area contributed by atoms with Crippen molar-refractivity contribution in [3.8, 4) is 56.4 Å². The third-order valence-electron chi connectivity index (χ3n) is 11.0. The van der Waals surface area contributed by atoms with E-state index in [4.69, 9.17) is 23.8 Å². The molecule has 0 aliphatic rings. The van der Waals surface area contributed by atoms with Crippen LogP contribution in [0.5, 0.6) is 0 Å². The number of aromatic nitrogens is 3. The smallest absolute Gasteiger partial charge is 0.164 e. The molecule has 0 atom stereocenters. The van der Waals surface area contributed by atoms with Gasteiger partial charge in [-0.25, -0.2) is 15.0 Å². The summed E-state index contributed by atoms with van der Waals surface area (Å²) in [5.41, 5.74) is 10.5. The molecular formula is C51H29N3O2S. The summed E-state index contributed by atoms with van der Waals surface area (Å²) in [6.45, 7) is 0. The molecule has 57 heavy (non-hydrogen) atoms. The first kappa shape index (κ1) is 31.9. The molecule has 266 valence electrons. The normalized spacial score (nSPS) is 11.9. The first-order valence-corrected chi connectivity index (χ1v) is 19.7. The van der Waals surface area contributed by atoms with E-state index in [-0.39, 0.29) is 0 Å². The van der Waals surface area contributed by atoms with Crippen molar-refractivity contribution in [3.05, 3.63) is 176 Å². The monoisotopic (exact) mass is 747 g/mol. The second-order valence-corrected chi connectivity index (χ2v) is 15.4. The van der Waals surface area contributed by atoms with Crippen LogP contribution in [0.25, 0.3) is 120 Å². The van der Waals surface area contributed by atoms with Crippen LogP contribution >= 0.6 is 11.3 Å². The van der Waals surface area contributed by atoms with Crippen molar-refractivity contribution >= 4 is 75.4 Å². The fraction of sp³-hybridized carbons (Fsp3) is 0. The molecule has 6 heteroatoms. The molecule has 5 nitrogen and oxygen atoms in total. The Bertz CT molecular complexity index is 3530. The van der Waals surface area contributed by atoms with Crippen molar-refractivity contribution in [2.24, 2.45) is 0 Å². The molecule has 0 unspecified atom stereocenters. The number of rotatable bonds is 5. The van der Waals surface area contributed by atoms with Crippen molar-refractivity contribution in [3.63, 3.8) is 0 Å². The Hall–Kier alpha value is -7.41. The summed E-state index contributed by atoms with van der Waals surface area (Å²) in [6.07, 6.45) is 0. The van der Waals surface area contributed by atoms with Gasteiger partial charge in [-0.3, -0.25) is 0 Å². The first-order valence-electron chi connectivity index (χ1n) is 18.9. The summed E-state index contributed by atoms with van der Waals surface area (Å²) in [7, 11) is 0. The fourth-order valence-corrected chi connectivity index (χ4v) is 9.48. The van der Waals surface area contributed by atoms with Crippen molar-refractivity contribution in [2.75, 3.05) is 0 Å². The maximum Gasteiger partial charge on any atom is 0.164 e. The number of para-hydroxylation sites is 2. The lowest BCUT2D eigenvalue weighted by Crippen LogP contribution is -2.00. The van der Waals surface area contributed by atoms with E-state index in [1.165, 1.54) is 31.3 Å². The van der Waals surface area contributed by atoms with E-state index in [0.29, 0.717) is 17.5 Å². The SMILES string of the molecule is c1ccc(-c2nc(-c3ccc(-c4ccc(-c5cccc6c5sc5ccccc56)c5c4oc4ccccc45)cc3)nc(-c3ccc4c(c3)oc3ccccc34)n2)cc1. The van der Waals surface area contributed by atoms with Gasteiger partial charge in [0.2, 0.25) is 0 Å². The summed E-state index contributed by atoms with van der Waals surface area (Å²) in [6, 6.07) is 60.9. The number of furan rings is 2. The van der Waals surface area contributed by atoms with Crippen molar-refractivity contribution in [2.45, 2.75) is 0 Å². The fourth-order valence-electron chi connectivity index (χ4n) is 8.25. The summed E-state index contributed by atoms with van der Waals surface area (Å²) >= 11 is 1.85. The lowest BCUT2D eigenvalue weighted by Gasteiger charge is -2.11. The standard InChI is InChI=1S/C51H29N3O2S/c1-2-11-31(12-3-1)49-52-50(54-51(53-49)33-25-26-36-35-13-4-7-18-42(35)55-44(36)29-33)32-23-21-30(22-24-32)34-27-28-38(46-41-15-5-8-19-43(41)56-47(34)46)40-17-10-16-39-37-14-6-9-20-45(37)57-48(39)40/h1-29H. The van der Waals surface area contributed by atoms with Gasteiger partial charge in [0.25, 0.3) is 0 Å². The zero-order chi connectivity index (χ0) is 37.5. The van der Waals surface area contributed by atoms with Gasteiger partial charge < -0.3 is 8.83 Å². The van der Waals surface area contributed by atoms with E-state index in [9.17, 15) is 0 Å². The Labute approximate surface area is 330 Å². The molecule has 0 aliphatic carbocycles. The summed E-state index contributed by atoms with van der Waals surface area (Å²) in [4.78, 5) is 15.0. The highest BCUT2D eigenvalue weighted by molar-refractivity contribution is 7.26. The van der Waals surface area contributed by atoms with E-state index in [2.05, 4.69) is 115 Å². The molecule has 4 aromatic heterocycles. The Morgan fingerprint density at radius 3 is 1.74 bits per heavy atom. The minimum absolute atomic E-state index is 0.582. The number of thiophene rings is 1. The van der Waals surface area contributed by atoms with Crippen LogP contribution in [0.2, 0.25) is 0 Å². The number of hydrogen-bond acceptors (Lipinski definition) is 6. The van der Waals surface area contributed by atoms with Crippen molar-refractivity contribution in [1.29, 1.82) is 0 Å². The molecule has 0 saturated heterocycles. The highest BCUT2D eigenvalue weighted by atomic mass is 32.1. The minimum atomic E-state index is 0.582. The Morgan fingerprint density at radius 1 is 0.351 bits per heavy atom. The van der Waals surface area contributed by atoms with Crippen LogP contribution < -0.4 is 0 Å². The second-order valence-electron chi connectivity index (χ2n) is 14.3. The minimum Gasteiger partial charge on any atom is -0.456 e. The molecule has 0 fully saturated rings. The Morgan fingerprint density at radius 2 is 0.930 bits per heavy atom. The molecule has 8 aromatic carbocycles. The van der Waals surface area contributed by atoms with E-state index >= 15 is 0 Å². The van der Waals surface area contributed by atoms with Gasteiger partial charge in [0.15, 0.2) is 17.5 Å². The quantitative estimate of drug-likeness (QED) is 0.175. The van der Waals surface area contributed by atoms with Crippen molar-refractivity contribution < 1.29 is 8.83 Å². The Balaban J connectivity index is 0.986. The molecule has 4 heterocycles. The van der Waals surface area contributed by atoms with E-state index in [1.54, 1.807) is 0 Å². The predicted molar refractivity (Wildman–Crippen MR) is 234 cm³/mol. The molecule has 0 bridgehead atoms. The molecule has 0 spiro atoms. The van der Waals surface area contributed by atoms with Gasteiger partial charge in [0.05, 0.1) is 0 Å². The maximum atomic E-state index is 6.73. The number of fused-ring (bicyclic) bond motifs is 9. The van der Waals surface area contributed by atoms with Gasteiger partial charge in [0, 0.05) is 69.5 Å². The zero-order valence-corrected chi connectivity index (χ0v) is 31.1. The molecule has 12 rings (SSSR count). The molecule has 12 aromatic rings. The van der Waals surface area contributed by atoms with Gasteiger partial charge in [-0.1, -0.05) is 140 Å². The van der Waals surface area contributed by atoms with E-state index in [0.717, 1.165) is 71.7 Å². The van der Waals surface area contributed by atoms with Crippen molar-refractivity contribution in [1.82, 2.24) is 15.0 Å². The topological polar surface area (TPSA) is 65.0 Å². The van der Waals surface area contributed by atoms with Gasteiger partial charge in [-0.2, -0.15) is 0 Å². The lowest BCUT2D eigenvalue weighted by molar-refractivity contribution is 0.669. The van der Waals surface area contributed by atoms with Crippen LogP contribution in [0.15, 0.2) is 185 Å². The maximum absolute atomic E-state index is 6.73. The molecule has 0 radical (unpaired) electrons. The zero-order valence-electron chi connectivity index (χ0n) is 30.3. The van der Waals surface area contributed by atoms with Gasteiger partial charge in [-0.15, -0.1) is 11.3 Å². The largest absolute Gasteiger partial charge is 0.456 e. The first-order chi connectivity index (χ1) is 28.2. The van der Waals surface area contributed by atoms with Crippen LogP contribution in [-0.4, -0.2) is 15.0 Å². The number of hydrogen-bond donors (Lipinski definition) is 0. The highest BCUT2D eigenvalue weighted by Crippen LogP contribution is 2.46. The molecular weight excluding hydrogens is 719 g/mol. The van der Waals surface area contributed by atoms with Gasteiger partial charge >= 0.3 is 0 Å². The number of benzene rings is 8. The second kappa shape index (κ2) is 12.6. The number of nitrogens with zero attached hydrogens (tertiary/aromatic N) is 3. The third kappa shape index (κ3) is 5.12. The molecule has 0 aliphatic heterocycles. The Kier molecular flexibility index (Phi) is 7.03.